The Kier molecular flexibility index (Phi) is 18.2. The van der Waals surface area contributed by atoms with Gasteiger partial charge in [0.15, 0.2) is 11.5 Å². The maximum absolute atomic E-state index is 12.4. The number of carbonyl (C=O) groups excluding carboxylic acids is 1. The fourth-order valence-corrected chi connectivity index (χ4v) is 3.25. The molecule has 40 heavy (non-hydrogen) atoms. The van der Waals surface area contributed by atoms with Crippen LogP contribution in [0.4, 0.5) is 0 Å². The Morgan fingerprint density at radius 1 is 0.575 bits per heavy atom. The van der Waals surface area contributed by atoms with E-state index in [-0.39, 0.29) is 25.4 Å². The number of rotatable bonds is 24. The van der Waals surface area contributed by atoms with Gasteiger partial charge in [-0.15, -0.1) is 0 Å². The Morgan fingerprint density at radius 2 is 1.02 bits per heavy atom. The van der Waals surface area contributed by atoms with Crippen molar-refractivity contribution in [2.24, 2.45) is 0 Å². The summed E-state index contributed by atoms with van der Waals surface area (Å²) in [5, 5.41) is 0. The van der Waals surface area contributed by atoms with Crippen LogP contribution >= 0.6 is 0 Å². The molecule has 11 nitrogen and oxygen atoms in total. The third kappa shape index (κ3) is 13.9. The normalized spacial score (nSPS) is 10.9. The molecule has 0 aliphatic heterocycles. The van der Waals surface area contributed by atoms with Crippen molar-refractivity contribution in [1.29, 1.82) is 0 Å². The predicted octanol–water partition coefficient (Wildman–Crippen LogP) is 3.17. The fourth-order valence-electron chi connectivity index (χ4n) is 3.25. The van der Waals surface area contributed by atoms with Gasteiger partial charge in [-0.1, -0.05) is 30.3 Å². The van der Waals surface area contributed by atoms with Crippen molar-refractivity contribution in [2.75, 3.05) is 101 Å². The highest BCUT2D eigenvalue weighted by atomic mass is 16.6. The van der Waals surface area contributed by atoms with Gasteiger partial charge in [0, 0.05) is 14.2 Å². The summed E-state index contributed by atoms with van der Waals surface area (Å²) in [7, 11) is 4.56. The fraction of sp³-hybridized carbons (Fsp3) is 0.552. The van der Waals surface area contributed by atoms with E-state index < -0.39 is 5.97 Å². The molecule has 2 aromatic carbocycles. The van der Waals surface area contributed by atoms with Gasteiger partial charge in [-0.2, -0.15) is 0 Å². The lowest BCUT2D eigenvalue weighted by Gasteiger charge is -2.18. The SMILES string of the molecule is COCCOCCOCCOc1cc(C(=O)OC)cc(OCCOCCOCCOC)c1OCc1ccccc1. The molecule has 0 N–H and O–H groups in total. The van der Waals surface area contributed by atoms with Gasteiger partial charge in [-0.25, -0.2) is 4.79 Å². The van der Waals surface area contributed by atoms with E-state index in [1.807, 2.05) is 30.3 Å². The Labute approximate surface area is 236 Å². The van der Waals surface area contributed by atoms with Gasteiger partial charge in [-0.3, -0.25) is 0 Å². The molecule has 0 unspecified atom stereocenters. The van der Waals surface area contributed by atoms with E-state index in [0.717, 1.165) is 5.56 Å². The zero-order valence-corrected chi connectivity index (χ0v) is 23.7. The van der Waals surface area contributed by atoms with Crippen LogP contribution in [-0.2, 0) is 39.8 Å². The summed E-state index contributed by atoms with van der Waals surface area (Å²) < 4.78 is 54.8. The molecule has 0 radical (unpaired) electrons. The molecule has 0 bridgehead atoms. The quantitative estimate of drug-likeness (QED) is 0.138. The minimum atomic E-state index is -0.529. The zero-order chi connectivity index (χ0) is 28.7. The Morgan fingerprint density at radius 3 is 1.48 bits per heavy atom. The van der Waals surface area contributed by atoms with Gasteiger partial charge in [0.05, 0.1) is 78.7 Å². The standard InChI is InChI=1S/C29H42O11/c1-31-9-11-34-13-15-36-17-19-38-26-21-25(29(30)33-3)22-27(28(26)40-23-24-7-5-4-6-8-24)39-20-18-37-16-14-35-12-10-32-2/h4-8,21-22H,9-20,23H2,1-3H3. The molecule has 0 heterocycles. The third-order valence-electron chi connectivity index (χ3n) is 5.25. The first kappa shape index (κ1) is 33.3. The van der Waals surface area contributed by atoms with E-state index in [9.17, 15) is 4.79 Å². The number of esters is 1. The lowest BCUT2D eigenvalue weighted by molar-refractivity contribution is 0.0169. The number of hydrogen-bond donors (Lipinski definition) is 0. The van der Waals surface area contributed by atoms with Gasteiger partial charge in [0.1, 0.15) is 19.8 Å². The van der Waals surface area contributed by atoms with Crippen molar-refractivity contribution in [3.63, 3.8) is 0 Å². The van der Waals surface area contributed by atoms with Crippen molar-refractivity contribution in [1.82, 2.24) is 0 Å². The molecule has 0 aromatic heterocycles. The molecule has 0 fully saturated rings. The van der Waals surface area contributed by atoms with Crippen molar-refractivity contribution >= 4 is 5.97 Å². The first-order valence-electron chi connectivity index (χ1n) is 13.2. The summed E-state index contributed by atoms with van der Waals surface area (Å²) in [6.45, 7) is 5.14. The van der Waals surface area contributed by atoms with E-state index in [1.54, 1.807) is 26.4 Å². The van der Waals surface area contributed by atoms with Crippen LogP contribution in [0.1, 0.15) is 15.9 Å². The molecular weight excluding hydrogens is 524 g/mol. The molecule has 0 saturated heterocycles. The minimum absolute atomic E-state index is 0.218. The van der Waals surface area contributed by atoms with Gasteiger partial charge >= 0.3 is 5.97 Å². The highest BCUT2D eigenvalue weighted by Gasteiger charge is 2.20. The first-order valence-corrected chi connectivity index (χ1v) is 13.2. The van der Waals surface area contributed by atoms with Gasteiger partial charge in [0.25, 0.3) is 0 Å². The van der Waals surface area contributed by atoms with E-state index in [4.69, 9.17) is 47.4 Å². The Bertz CT molecular complexity index is 880. The summed E-state index contributed by atoms with van der Waals surface area (Å²) in [5.74, 6) is 0.503. The monoisotopic (exact) mass is 566 g/mol. The van der Waals surface area contributed by atoms with Gasteiger partial charge < -0.3 is 47.4 Å². The van der Waals surface area contributed by atoms with Crippen LogP contribution in [0.5, 0.6) is 17.2 Å². The minimum Gasteiger partial charge on any atom is -0.487 e. The second kappa shape index (κ2) is 21.8. The molecule has 0 aliphatic rings. The third-order valence-corrected chi connectivity index (χ3v) is 5.25. The van der Waals surface area contributed by atoms with Crippen molar-refractivity contribution in [2.45, 2.75) is 6.61 Å². The average Bonchev–Trinajstić information content (AvgIpc) is 2.98. The Hall–Kier alpha value is -2.93. The maximum atomic E-state index is 12.4. The van der Waals surface area contributed by atoms with Gasteiger partial charge in [-0.05, 0) is 17.7 Å². The van der Waals surface area contributed by atoms with Crippen LogP contribution in [-0.4, -0.2) is 107 Å². The summed E-state index contributed by atoms with van der Waals surface area (Å²) in [4.78, 5) is 12.4. The van der Waals surface area contributed by atoms with Gasteiger partial charge in [0.2, 0.25) is 5.75 Å². The lowest BCUT2D eigenvalue weighted by atomic mass is 10.1. The van der Waals surface area contributed by atoms with Crippen LogP contribution in [0.3, 0.4) is 0 Å². The summed E-state index contributed by atoms with van der Waals surface area (Å²) in [5.41, 5.74) is 1.23. The zero-order valence-electron chi connectivity index (χ0n) is 23.7. The van der Waals surface area contributed by atoms with E-state index in [2.05, 4.69) is 0 Å². The average molecular weight is 567 g/mol. The number of carbonyl (C=O) groups is 1. The van der Waals surface area contributed by atoms with E-state index in [0.29, 0.717) is 83.3 Å². The predicted molar refractivity (Wildman–Crippen MR) is 147 cm³/mol. The number of methoxy groups -OCH3 is 3. The molecule has 2 rings (SSSR count). The molecule has 224 valence electrons. The van der Waals surface area contributed by atoms with Crippen LogP contribution < -0.4 is 14.2 Å². The number of hydrogen-bond acceptors (Lipinski definition) is 11. The number of benzene rings is 2. The van der Waals surface area contributed by atoms with Crippen LogP contribution in [0.2, 0.25) is 0 Å². The lowest BCUT2D eigenvalue weighted by Crippen LogP contribution is -2.14. The highest BCUT2D eigenvalue weighted by Crippen LogP contribution is 2.40. The summed E-state index contributed by atoms with van der Waals surface area (Å²) in [6.07, 6.45) is 0. The largest absolute Gasteiger partial charge is 0.487 e. The van der Waals surface area contributed by atoms with Crippen molar-refractivity contribution in [3.8, 4) is 17.2 Å². The molecule has 2 aromatic rings. The Balaban J connectivity index is 2.03. The molecule has 0 amide bonds. The number of ether oxygens (including phenoxy) is 10. The first-order chi connectivity index (χ1) is 19.7. The molecular formula is C29H42O11. The molecule has 11 heteroatoms. The summed E-state index contributed by atoms with van der Waals surface area (Å²) >= 11 is 0. The smallest absolute Gasteiger partial charge is 0.338 e. The molecule has 0 saturated carbocycles. The second-order valence-electron chi connectivity index (χ2n) is 8.20. The van der Waals surface area contributed by atoms with Crippen molar-refractivity contribution < 1.29 is 52.2 Å². The maximum Gasteiger partial charge on any atom is 0.338 e. The molecule has 0 aliphatic carbocycles. The van der Waals surface area contributed by atoms with Crippen LogP contribution in [0, 0.1) is 0 Å². The topological polar surface area (TPSA) is 109 Å². The molecule has 0 spiro atoms. The van der Waals surface area contributed by atoms with E-state index in [1.165, 1.54) is 7.11 Å². The van der Waals surface area contributed by atoms with E-state index >= 15 is 0 Å². The highest BCUT2D eigenvalue weighted by molar-refractivity contribution is 5.91. The molecule has 0 atom stereocenters. The van der Waals surface area contributed by atoms with Crippen molar-refractivity contribution in [3.05, 3.63) is 53.6 Å². The van der Waals surface area contributed by atoms with Crippen LogP contribution in [0.15, 0.2) is 42.5 Å². The van der Waals surface area contributed by atoms with Crippen LogP contribution in [0.25, 0.3) is 0 Å². The second-order valence-corrected chi connectivity index (χ2v) is 8.20. The summed E-state index contributed by atoms with van der Waals surface area (Å²) in [6, 6.07) is 12.8.